The molecule has 0 spiro atoms. The fourth-order valence-electron chi connectivity index (χ4n) is 3.61. The highest BCUT2D eigenvalue weighted by Crippen LogP contribution is 2.31. The first-order chi connectivity index (χ1) is 13.7. The van der Waals surface area contributed by atoms with Crippen LogP contribution < -0.4 is 9.62 Å². The number of carbonyl (C=O) groups is 1. The highest BCUT2D eigenvalue weighted by molar-refractivity contribution is 7.89. The van der Waals surface area contributed by atoms with Gasteiger partial charge in [0.15, 0.2) is 0 Å². The molecule has 5 nitrogen and oxygen atoms in total. The number of nitrogens with zero attached hydrogens (tertiary/aromatic N) is 1. The summed E-state index contributed by atoms with van der Waals surface area (Å²) in [5, 5.41) is 0.113. The molecule has 1 N–H and O–H groups in total. The lowest BCUT2D eigenvalue weighted by atomic mass is 10.1. The predicted molar refractivity (Wildman–Crippen MR) is 118 cm³/mol. The first kappa shape index (κ1) is 22.1. The largest absolute Gasteiger partial charge is 0.309 e. The van der Waals surface area contributed by atoms with Crippen molar-refractivity contribution in [2.45, 2.75) is 50.5 Å². The van der Waals surface area contributed by atoms with Crippen molar-refractivity contribution in [3.8, 4) is 0 Å². The number of sulfonamides is 1. The van der Waals surface area contributed by atoms with E-state index in [0.29, 0.717) is 6.54 Å². The molecule has 0 bridgehead atoms. The van der Waals surface area contributed by atoms with Crippen molar-refractivity contribution in [1.29, 1.82) is 0 Å². The standard InChI is InChI=1S/C21H24Cl2N2O3S/c1-3-25(16-10-6-7-14(2)11-16)21(26)17-12-20(19(23)13-18(17)22)29(27,28)24-15-8-4-5-9-15/h6-7,10-13,15,24H,3-5,8-9H2,1-2H3. The highest BCUT2D eigenvalue weighted by atomic mass is 35.5. The van der Waals surface area contributed by atoms with E-state index in [1.165, 1.54) is 12.1 Å². The second-order valence-corrected chi connectivity index (χ2v) is 9.75. The van der Waals surface area contributed by atoms with E-state index in [1.54, 1.807) is 4.90 Å². The van der Waals surface area contributed by atoms with E-state index in [9.17, 15) is 13.2 Å². The number of hydrogen-bond donors (Lipinski definition) is 1. The minimum absolute atomic E-state index is 0.00403. The van der Waals surface area contributed by atoms with Crippen LogP contribution in [0.25, 0.3) is 0 Å². The van der Waals surface area contributed by atoms with E-state index in [4.69, 9.17) is 23.2 Å². The van der Waals surface area contributed by atoms with Gasteiger partial charge < -0.3 is 4.90 Å². The Morgan fingerprint density at radius 1 is 1.14 bits per heavy atom. The molecule has 0 atom stereocenters. The van der Waals surface area contributed by atoms with Gasteiger partial charge in [-0.3, -0.25) is 4.79 Å². The summed E-state index contributed by atoms with van der Waals surface area (Å²) in [6.07, 6.45) is 3.58. The fourth-order valence-corrected chi connectivity index (χ4v) is 5.77. The zero-order valence-corrected chi connectivity index (χ0v) is 18.7. The quantitative estimate of drug-likeness (QED) is 0.652. The molecular weight excluding hydrogens is 431 g/mol. The lowest BCUT2D eigenvalue weighted by Crippen LogP contribution is -2.34. The Balaban J connectivity index is 1.98. The fraction of sp³-hybridized carbons (Fsp3) is 0.381. The second-order valence-electron chi connectivity index (χ2n) is 7.25. The predicted octanol–water partition coefficient (Wildman–Crippen LogP) is 5.19. The average Bonchev–Trinajstić information content (AvgIpc) is 3.14. The van der Waals surface area contributed by atoms with Crippen LogP contribution in [0, 0.1) is 6.92 Å². The molecule has 1 saturated carbocycles. The van der Waals surface area contributed by atoms with Crippen molar-refractivity contribution in [3.05, 3.63) is 57.6 Å². The van der Waals surface area contributed by atoms with E-state index in [2.05, 4.69) is 4.72 Å². The van der Waals surface area contributed by atoms with Crippen molar-refractivity contribution in [2.24, 2.45) is 0 Å². The van der Waals surface area contributed by atoms with E-state index in [0.717, 1.165) is 36.9 Å². The molecule has 156 valence electrons. The molecule has 0 aromatic heterocycles. The van der Waals surface area contributed by atoms with Crippen LogP contribution in [0.15, 0.2) is 41.3 Å². The molecule has 29 heavy (non-hydrogen) atoms. The van der Waals surface area contributed by atoms with Crippen molar-refractivity contribution in [3.63, 3.8) is 0 Å². The van der Waals surface area contributed by atoms with E-state index in [1.807, 2.05) is 38.1 Å². The van der Waals surface area contributed by atoms with Gasteiger partial charge in [0.2, 0.25) is 10.0 Å². The number of amides is 1. The number of anilines is 1. The summed E-state index contributed by atoms with van der Waals surface area (Å²) in [5.41, 5.74) is 1.84. The molecule has 3 rings (SSSR count). The van der Waals surface area contributed by atoms with Crippen molar-refractivity contribution in [2.75, 3.05) is 11.4 Å². The molecule has 0 saturated heterocycles. The molecule has 1 fully saturated rings. The normalized spacial score (nSPS) is 14.9. The van der Waals surface area contributed by atoms with Crippen molar-refractivity contribution >= 4 is 44.8 Å². The third-order valence-electron chi connectivity index (χ3n) is 5.09. The zero-order chi connectivity index (χ0) is 21.2. The number of halogens is 2. The Morgan fingerprint density at radius 3 is 2.45 bits per heavy atom. The number of nitrogens with one attached hydrogen (secondary N) is 1. The van der Waals surface area contributed by atoms with Crippen LogP contribution in [-0.4, -0.2) is 26.9 Å². The maximum atomic E-state index is 13.2. The van der Waals surface area contributed by atoms with Crippen molar-refractivity contribution < 1.29 is 13.2 Å². The van der Waals surface area contributed by atoms with Gasteiger partial charge in [-0.1, -0.05) is 48.2 Å². The molecule has 1 aliphatic rings. The van der Waals surface area contributed by atoms with Crippen LogP contribution in [-0.2, 0) is 10.0 Å². The second kappa shape index (κ2) is 9.04. The summed E-state index contributed by atoms with van der Waals surface area (Å²) in [5.74, 6) is -0.378. The van der Waals surface area contributed by atoms with Gasteiger partial charge in [0.25, 0.3) is 5.91 Å². The Morgan fingerprint density at radius 2 is 1.83 bits per heavy atom. The first-order valence-electron chi connectivity index (χ1n) is 9.63. The smallest absolute Gasteiger partial charge is 0.259 e. The topological polar surface area (TPSA) is 66.5 Å². The number of aryl methyl sites for hydroxylation is 1. The van der Waals surface area contributed by atoms with Crippen LogP contribution in [0.4, 0.5) is 5.69 Å². The molecule has 0 unspecified atom stereocenters. The maximum absolute atomic E-state index is 13.2. The molecule has 0 aliphatic heterocycles. The van der Waals surface area contributed by atoms with Gasteiger partial charge in [-0.25, -0.2) is 13.1 Å². The summed E-state index contributed by atoms with van der Waals surface area (Å²) in [7, 11) is -3.86. The van der Waals surface area contributed by atoms with Gasteiger partial charge in [-0.15, -0.1) is 0 Å². The summed E-state index contributed by atoms with van der Waals surface area (Å²) < 4.78 is 28.5. The van der Waals surface area contributed by atoms with Gasteiger partial charge in [-0.05, 0) is 56.5 Å². The molecule has 0 heterocycles. The average molecular weight is 455 g/mol. The van der Waals surface area contributed by atoms with E-state index < -0.39 is 10.0 Å². The Bertz CT molecular complexity index is 1020. The zero-order valence-electron chi connectivity index (χ0n) is 16.4. The minimum Gasteiger partial charge on any atom is -0.309 e. The van der Waals surface area contributed by atoms with Gasteiger partial charge >= 0.3 is 0 Å². The Kier molecular flexibility index (Phi) is 6.89. The summed E-state index contributed by atoms with van der Waals surface area (Å²) >= 11 is 12.5. The van der Waals surface area contributed by atoms with Gasteiger partial charge in [0.1, 0.15) is 4.90 Å². The molecular formula is C21H24Cl2N2O3S. The Labute approximate surface area is 182 Å². The third kappa shape index (κ3) is 4.94. The summed E-state index contributed by atoms with van der Waals surface area (Å²) in [6, 6.07) is 10.0. The van der Waals surface area contributed by atoms with Crippen LogP contribution >= 0.6 is 23.2 Å². The van der Waals surface area contributed by atoms with Gasteiger partial charge in [0.05, 0.1) is 15.6 Å². The molecule has 1 aliphatic carbocycles. The van der Waals surface area contributed by atoms with Crippen LogP contribution in [0.5, 0.6) is 0 Å². The van der Waals surface area contributed by atoms with Gasteiger partial charge in [0, 0.05) is 18.3 Å². The third-order valence-corrected chi connectivity index (χ3v) is 7.39. The minimum atomic E-state index is -3.86. The summed E-state index contributed by atoms with van der Waals surface area (Å²) in [6.45, 7) is 4.20. The SMILES string of the molecule is CCN(C(=O)c1cc(S(=O)(=O)NC2CCCC2)c(Cl)cc1Cl)c1cccc(C)c1. The molecule has 0 radical (unpaired) electrons. The lowest BCUT2D eigenvalue weighted by molar-refractivity contribution is 0.0988. The first-order valence-corrected chi connectivity index (χ1v) is 11.9. The Hall–Kier alpha value is -1.60. The van der Waals surface area contributed by atoms with E-state index in [-0.39, 0.29) is 32.5 Å². The number of hydrogen-bond acceptors (Lipinski definition) is 3. The van der Waals surface area contributed by atoms with Crippen LogP contribution in [0.1, 0.15) is 48.5 Å². The molecule has 8 heteroatoms. The molecule has 2 aromatic rings. The number of benzene rings is 2. The monoisotopic (exact) mass is 454 g/mol. The molecule has 2 aromatic carbocycles. The van der Waals surface area contributed by atoms with Crippen molar-refractivity contribution in [1.82, 2.24) is 4.72 Å². The summed E-state index contributed by atoms with van der Waals surface area (Å²) in [4.78, 5) is 14.7. The highest BCUT2D eigenvalue weighted by Gasteiger charge is 2.28. The lowest BCUT2D eigenvalue weighted by Gasteiger charge is -2.23. The number of carbonyl (C=O) groups excluding carboxylic acids is 1. The van der Waals surface area contributed by atoms with Crippen LogP contribution in [0.3, 0.4) is 0 Å². The van der Waals surface area contributed by atoms with Crippen LogP contribution in [0.2, 0.25) is 10.0 Å². The maximum Gasteiger partial charge on any atom is 0.259 e. The van der Waals surface area contributed by atoms with E-state index >= 15 is 0 Å². The molecule has 1 amide bonds. The number of rotatable bonds is 6. The van der Waals surface area contributed by atoms with Gasteiger partial charge in [-0.2, -0.15) is 0 Å².